The Morgan fingerprint density at radius 1 is 1.26 bits per heavy atom. The van der Waals surface area contributed by atoms with Gasteiger partial charge in [-0.3, -0.25) is 0 Å². The lowest BCUT2D eigenvalue weighted by Gasteiger charge is -2.10. The number of nitrogens with zero attached hydrogens (tertiary/aromatic N) is 2. The molecule has 0 spiro atoms. The van der Waals surface area contributed by atoms with Crippen molar-refractivity contribution in [3.63, 3.8) is 0 Å². The van der Waals surface area contributed by atoms with E-state index in [0.717, 1.165) is 34.8 Å². The number of aromatic nitrogens is 2. The third kappa shape index (κ3) is 3.43. The second kappa shape index (κ2) is 6.62. The van der Waals surface area contributed by atoms with Crippen molar-refractivity contribution in [2.24, 2.45) is 0 Å². The van der Waals surface area contributed by atoms with Gasteiger partial charge in [-0.25, -0.2) is 4.98 Å². The smallest absolute Gasteiger partial charge is 0.127 e. The summed E-state index contributed by atoms with van der Waals surface area (Å²) >= 11 is 12.3. The molecule has 0 aliphatic rings. The predicted octanol–water partition coefficient (Wildman–Crippen LogP) is 5.57. The summed E-state index contributed by atoms with van der Waals surface area (Å²) in [4.78, 5) is 4.62. The maximum atomic E-state index is 6.24. The molecule has 19 heavy (non-hydrogen) atoms. The Morgan fingerprint density at radius 2 is 2.05 bits per heavy atom. The Labute approximate surface area is 124 Å². The molecular formula is C15H20Cl2N2. The van der Waals surface area contributed by atoms with Gasteiger partial charge in [0.15, 0.2) is 0 Å². The van der Waals surface area contributed by atoms with Gasteiger partial charge in [-0.1, -0.05) is 37.8 Å². The summed E-state index contributed by atoms with van der Waals surface area (Å²) in [6.07, 6.45) is 4.92. The largest absolute Gasteiger partial charge is 0.327 e. The van der Waals surface area contributed by atoms with Gasteiger partial charge in [0, 0.05) is 11.6 Å². The van der Waals surface area contributed by atoms with E-state index in [0.29, 0.717) is 0 Å². The summed E-state index contributed by atoms with van der Waals surface area (Å²) in [6, 6.07) is 5.82. The van der Waals surface area contributed by atoms with Gasteiger partial charge in [-0.05, 0) is 31.5 Å². The molecule has 1 atom stereocenters. The number of hydrogen-bond donors (Lipinski definition) is 0. The topological polar surface area (TPSA) is 17.8 Å². The summed E-state index contributed by atoms with van der Waals surface area (Å²) in [5, 5.41) is 0.660. The summed E-state index contributed by atoms with van der Waals surface area (Å²) in [5.41, 5.74) is 2.06. The maximum absolute atomic E-state index is 6.24. The van der Waals surface area contributed by atoms with Gasteiger partial charge in [-0.15, -0.1) is 11.6 Å². The van der Waals surface area contributed by atoms with Crippen LogP contribution in [0.15, 0.2) is 18.2 Å². The summed E-state index contributed by atoms with van der Waals surface area (Å²) < 4.78 is 2.22. The van der Waals surface area contributed by atoms with Crippen molar-refractivity contribution in [2.45, 2.75) is 51.5 Å². The summed E-state index contributed by atoms with van der Waals surface area (Å²) in [7, 11) is 0. The quantitative estimate of drug-likeness (QED) is 0.503. The molecule has 0 amide bonds. The van der Waals surface area contributed by atoms with Crippen LogP contribution in [0.5, 0.6) is 0 Å². The van der Waals surface area contributed by atoms with Crippen molar-refractivity contribution in [1.29, 1.82) is 0 Å². The Bertz CT molecular complexity index is 546. The van der Waals surface area contributed by atoms with E-state index < -0.39 is 0 Å². The fourth-order valence-electron chi connectivity index (χ4n) is 2.35. The van der Waals surface area contributed by atoms with E-state index in [-0.39, 0.29) is 5.38 Å². The van der Waals surface area contributed by atoms with Crippen LogP contribution in [0.25, 0.3) is 11.0 Å². The molecule has 0 fully saturated rings. The third-order valence-electron chi connectivity index (χ3n) is 3.33. The van der Waals surface area contributed by atoms with Crippen molar-refractivity contribution in [2.75, 3.05) is 0 Å². The van der Waals surface area contributed by atoms with Gasteiger partial charge in [0.1, 0.15) is 5.82 Å². The minimum absolute atomic E-state index is 0.0858. The molecule has 0 radical (unpaired) electrons. The highest BCUT2D eigenvalue weighted by molar-refractivity contribution is 6.31. The minimum atomic E-state index is -0.0858. The number of rotatable bonds is 6. The SMILES string of the molecule is CCCCCCn1c(C(C)Cl)nc2ccc(Cl)cc21. The monoisotopic (exact) mass is 298 g/mol. The van der Waals surface area contributed by atoms with Gasteiger partial charge in [0.05, 0.1) is 16.4 Å². The molecular weight excluding hydrogens is 279 g/mol. The summed E-state index contributed by atoms with van der Waals surface area (Å²) in [5.74, 6) is 0.940. The number of halogens is 2. The Kier molecular flexibility index (Phi) is 5.12. The second-order valence-corrected chi connectivity index (χ2v) is 6.02. The van der Waals surface area contributed by atoms with Crippen molar-refractivity contribution < 1.29 is 0 Å². The fraction of sp³-hybridized carbons (Fsp3) is 0.533. The third-order valence-corrected chi connectivity index (χ3v) is 3.76. The minimum Gasteiger partial charge on any atom is -0.327 e. The van der Waals surface area contributed by atoms with Gasteiger partial charge < -0.3 is 4.57 Å². The lowest BCUT2D eigenvalue weighted by molar-refractivity contribution is 0.574. The van der Waals surface area contributed by atoms with Gasteiger partial charge >= 0.3 is 0 Å². The maximum Gasteiger partial charge on any atom is 0.127 e. The highest BCUT2D eigenvalue weighted by Crippen LogP contribution is 2.27. The first-order valence-electron chi connectivity index (χ1n) is 6.93. The van der Waals surface area contributed by atoms with E-state index in [1.807, 2.05) is 25.1 Å². The Hall–Kier alpha value is -0.730. The van der Waals surface area contributed by atoms with Crippen molar-refractivity contribution in [3.05, 3.63) is 29.0 Å². The Morgan fingerprint density at radius 3 is 2.74 bits per heavy atom. The number of fused-ring (bicyclic) bond motifs is 1. The number of hydrogen-bond acceptors (Lipinski definition) is 1. The fourth-order valence-corrected chi connectivity index (χ4v) is 2.68. The number of alkyl halides is 1. The first kappa shape index (κ1) is 14.7. The van der Waals surface area contributed by atoms with E-state index in [4.69, 9.17) is 23.2 Å². The summed E-state index contributed by atoms with van der Waals surface area (Å²) in [6.45, 7) is 5.15. The molecule has 0 saturated carbocycles. The van der Waals surface area contributed by atoms with Crippen LogP contribution in [0, 0.1) is 0 Å². The molecule has 104 valence electrons. The highest BCUT2D eigenvalue weighted by atomic mass is 35.5. The average molecular weight is 299 g/mol. The number of unbranched alkanes of at least 4 members (excludes halogenated alkanes) is 3. The van der Waals surface area contributed by atoms with Crippen LogP contribution in [0.2, 0.25) is 5.02 Å². The molecule has 1 heterocycles. The molecule has 0 saturated heterocycles. The first-order valence-corrected chi connectivity index (χ1v) is 7.74. The molecule has 0 aliphatic carbocycles. The highest BCUT2D eigenvalue weighted by Gasteiger charge is 2.14. The van der Waals surface area contributed by atoms with Crippen molar-refractivity contribution in [1.82, 2.24) is 9.55 Å². The average Bonchev–Trinajstić information content (AvgIpc) is 2.73. The lowest BCUT2D eigenvalue weighted by atomic mass is 10.2. The van der Waals surface area contributed by atoms with E-state index in [1.54, 1.807) is 0 Å². The number of imidazole rings is 1. The normalized spacial score (nSPS) is 13.1. The van der Waals surface area contributed by atoms with Crippen LogP contribution in [0.3, 0.4) is 0 Å². The van der Waals surface area contributed by atoms with Crippen LogP contribution in [-0.4, -0.2) is 9.55 Å². The van der Waals surface area contributed by atoms with Crippen LogP contribution in [0.4, 0.5) is 0 Å². The Balaban J connectivity index is 2.31. The molecule has 2 aromatic rings. The molecule has 1 aromatic heterocycles. The molecule has 2 nitrogen and oxygen atoms in total. The van der Waals surface area contributed by atoms with Crippen LogP contribution < -0.4 is 0 Å². The molecule has 2 rings (SSSR count). The van der Waals surface area contributed by atoms with E-state index in [1.165, 1.54) is 19.3 Å². The second-order valence-electron chi connectivity index (χ2n) is 4.93. The molecule has 4 heteroatoms. The van der Waals surface area contributed by atoms with Crippen LogP contribution in [-0.2, 0) is 6.54 Å². The molecule has 0 aliphatic heterocycles. The zero-order valence-corrected chi connectivity index (χ0v) is 13.0. The molecule has 1 aromatic carbocycles. The lowest BCUT2D eigenvalue weighted by Crippen LogP contribution is -2.04. The molecule has 0 N–H and O–H groups in total. The van der Waals surface area contributed by atoms with Crippen LogP contribution >= 0.6 is 23.2 Å². The number of benzene rings is 1. The first-order chi connectivity index (χ1) is 9.13. The zero-order chi connectivity index (χ0) is 13.8. The van der Waals surface area contributed by atoms with E-state index >= 15 is 0 Å². The molecule has 0 bridgehead atoms. The number of aryl methyl sites for hydroxylation is 1. The standard InChI is InChI=1S/C15H20Cl2N2/c1-3-4-5-6-9-19-14-10-12(17)7-8-13(14)18-15(19)11(2)16/h7-8,10-11H,3-6,9H2,1-2H3. The van der Waals surface area contributed by atoms with Crippen molar-refractivity contribution in [3.8, 4) is 0 Å². The van der Waals surface area contributed by atoms with E-state index in [9.17, 15) is 0 Å². The predicted molar refractivity (Wildman–Crippen MR) is 83.2 cm³/mol. The molecule has 1 unspecified atom stereocenters. The van der Waals surface area contributed by atoms with Gasteiger partial charge in [-0.2, -0.15) is 0 Å². The zero-order valence-electron chi connectivity index (χ0n) is 11.5. The van der Waals surface area contributed by atoms with Crippen LogP contribution in [0.1, 0.15) is 50.7 Å². The van der Waals surface area contributed by atoms with Gasteiger partial charge in [0.25, 0.3) is 0 Å². The van der Waals surface area contributed by atoms with E-state index in [2.05, 4.69) is 16.5 Å². The van der Waals surface area contributed by atoms with Crippen molar-refractivity contribution >= 4 is 34.2 Å². The van der Waals surface area contributed by atoms with Gasteiger partial charge in [0.2, 0.25) is 0 Å².